The molecule has 32 heavy (non-hydrogen) atoms. The molecule has 14 heteroatoms. The molecule has 0 spiro atoms. The second-order valence-electron chi connectivity index (χ2n) is 6.12. The lowest BCUT2D eigenvalue weighted by molar-refractivity contribution is 0.0706. The molecule has 3 N–H and O–H groups in total. The van der Waals surface area contributed by atoms with Crippen molar-refractivity contribution in [3.63, 3.8) is 0 Å². The van der Waals surface area contributed by atoms with Crippen LogP contribution in [0, 0.1) is 0 Å². The second-order valence-corrected chi connectivity index (χ2v) is 9.11. The Morgan fingerprint density at radius 2 is 1.91 bits per heavy atom. The largest absolute Gasteiger partial charge is 0.464 e. The molecule has 0 saturated heterocycles. The molecule has 0 bridgehead atoms. The average Bonchev–Trinajstić information content (AvgIpc) is 3.10. The average molecular weight is 651 g/mol. The van der Waals surface area contributed by atoms with E-state index in [1.807, 2.05) is 5.43 Å². The number of carboxylic acid groups (broad SMARTS) is 1. The van der Waals surface area contributed by atoms with Crippen molar-refractivity contribution in [2.45, 2.75) is 0 Å². The van der Waals surface area contributed by atoms with Crippen LogP contribution in [0.5, 0.6) is 0 Å². The number of rotatable bonds is 4. The highest BCUT2D eigenvalue weighted by atomic mass is 79.9. The van der Waals surface area contributed by atoms with E-state index in [9.17, 15) is 14.4 Å². The summed E-state index contributed by atoms with van der Waals surface area (Å²) < 4.78 is 2.53. The van der Waals surface area contributed by atoms with Gasteiger partial charge >= 0.3 is 6.09 Å². The SMILES string of the molecule is CN(NC(=O)O)C(=O)c1cc(Br)cc(Br)c1NC(=O)c1cc(Br)nn1-c1ncccc1Cl. The van der Waals surface area contributed by atoms with Crippen LogP contribution in [-0.4, -0.2) is 49.8 Å². The van der Waals surface area contributed by atoms with Gasteiger partial charge in [-0.1, -0.05) is 27.5 Å². The van der Waals surface area contributed by atoms with Crippen molar-refractivity contribution in [3.05, 3.63) is 66.4 Å². The summed E-state index contributed by atoms with van der Waals surface area (Å²) in [5.41, 5.74) is 2.18. The van der Waals surface area contributed by atoms with Gasteiger partial charge in [0.25, 0.3) is 11.8 Å². The Labute approximate surface area is 211 Å². The molecule has 0 aliphatic carbocycles. The Hall–Kier alpha value is -2.48. The van der Waals surface area contributed by atoms with E-state index in [2.05, 4.69) is 63.2 Å². The number of nitrogens with one attached hydrogen (secondary N) is 2. The van der Waals surface area contributed by atoms with Gasteiger partial charge in [0.15, 0.2) is 5.82 Å². The highest BCUT2D eigenvalue weighted by molar-refractivity contribution is 9.11. The zero-order valence-corrected chi connectivity index (χ0v) is 21.5. The summed E-state index contributed by atoms with van der Waals surface area (Å²) in [5.74, 6) is -1.08. The van der Waals surface area contributed by atoms with Crippen LogP contribution in [0.4, 0.5) is 10.5 Å². The molecule has 0 fully saturated rings. The van der Waals surface area contributed by atoms with Gasteiger partial charge in [0.2, 0.25) is 0 Å². The number of halogens is 4. The first-order valence-electron chi connectivity index (χ1n) is 8.53. The van der Waals surface area contributed by atoms with Crippen molar-refractivity contribution in [1.82, 2.24) is 25.2 Å². The number of hydrogen-bond acceptors (Lipinski definition) is 5. The molecular formula is C18H12Br3ClN6O4. The lowest BCUT2D eigenvalue weighted by Crippen LogP contribution is -2.42. The molecule has 1 aromatic carbocycles. The Bertz CT molecular complexity index is 1240. The van der Waals surface area contributed by atoms with Crippen LogP contribution in [-0.2, 0) is 0 Å². The van der Waals surface area contributed by atoms with Crippen LogP contribution < -0.4 is 10.7 Å². The number of carbonyl (C=O) groups is 3. The molecule has 3 aromatic rings. The molecule has 3 amide bonds. The van der Waals surface area contributed by atoms with Crippen LogP contribution >= 0.6 is 59.4 Å². The number of nitrogens with zero attached hydrogens (tertiary/aromatic N) is 4. The summed E-state index contributed by atoms with van der Waals surface area (Å²) in [6, 6.07) is 7.79. The molecule has 0 saturated carbocycles. The van der Waals surface area contributed by atoms with Gasteiger partial charge in [-0.15, -0.1) is 0 Å². The smallest absolute Gasteiger partial charge is 0.423 e. The molecule has 0 atom stereocenters. The van der Waals surface area contributed by atoms with Crippen molar-refractivity contribution in [1.29, 1.82) is 0 Å². The number of pyridine rings is 1. The minimum absolute atomic E-state index is 0.0249. The first-order chi connectivity index (χ1) is 15.1. The number of benzene rings is 1. The second kappa shape index (κ2) is 9.98. The number of hydrogen-bond donors (Lipinski definition) is 3. The quantitative estimate of drug-likeness (QED) is 0.351. The van der Waals surface area contributed by atoms with E-state index in [1.165, 1.54) is 30.1 Å². The Balaban J connectivity index is 2.02. The molecular weight excluding hydrogens is 639 g/mol. The fourth-order valence-electron chi connectivity index (χ4n) is 2.63. The lowest BCUT2D eigenvalue weighted by Gasteiger charge is -2.19. The highest BCUT2D eigenvalue weighted by Crippen LogP contribution is 2.32. The summed E-state index contributed by atoms with van der Waals surface area (Å²) in [6.07, 6.45) is 0.0905. The normalized spacial score (nSPS) is 10.5. The summed E-state index contributed by atoms with van der Waals surface area (Å²) in [4.78, 5) is 41.0. The van der Waals surface area contributed by atoms with Gasteiger partial charge in [-0.25, -0.2) is 19.9 Å². The van der Waals surface area contributed by atoms with E-state index in [-0.39, 0.29) is 27.8 Å². The molecule has 166 valence electrons. The lowest BCUT2D eigenvalue weighted by atomic mass is 10.1. The van der Waals surface area contributed by atoms with Crippen molar-refractivity contribution in [2.75, 3.05) is 12.4 Å². The molecule has 0 unspecified atom stereocenters. The van der Waals surface area contributed by atoms with Gasteiger partial charge in [0, 0.05) is 28.3 Å². The third kappa shape index (κ3) is 5.28. The van der Waals surface area contributed by atoms with Gasteiger partial charge < -0.3 is 10.4 Å². The maximum atomic E-state index is 13.2. The zero-order chi connectivity index (χ0) is 23.6. The Kier molecular flexibility index (Phi) is 7.54. The minimum Gasteiger partial charge on any atom is -0.464 e. The standard InChI is InChI=1S/C18H12Br3ClN6O4/c1-27(26-18(31)32)17(30)9-5-8(19)6-10(20)14(9)24-16(29)12-7-13(21)25-28(12)15-11(22)3-2-4-23-15/h2-7,26H,1H3,(H,24,29)(H,31,32). The minimum atomic E-state index is -1.42. The first kappa shape index (κ1) is 24.2. The molecule has 0 radical (unpaired) electrons. The van der Waals surface area contributed by atoms with Gasteiger partial charge in [-0.05, 0) is 56.1 Å². The van der Waals surface area contributed by atoms with E-state index >= 15 is 0 Å². The van der Waals surface area contributed by atoms with Crippen molar-refractivity contribution < 1.29 is 19.5 Å². The number of aromatic nitrogens is 3. The van der Waals surface area contributed by atoms with Gasteiger partial charge in [0.1, 0.15) is 10.3 Å². The van der Waals surface area contributed by atoms with E-state index in [0.29, 0.717) is 13.5 Å². The van der Waals surface area contributed by atoms with E-state index < -0.39 is 17.9 Å². The molecule has 3 rings (SSSR count). The fourth-order valence-corrected chi connectivity index (χ4v) is 4.53. The summed E-state index contributed by atoms with van der Waals surface area (Å²) >= 11 is 16.1. The number of hydrazine groups is 1. The number of amides is 3. The molecule has 10 nitrogen and oxygen atoms in total. The van der Waals surface area contributed by atoms with E-state index in [1.54, 1.807) is 18.2 Å². The monoisotopic (exact) mass is 648 g/mol. The van der Waals surface area contributed by atoms with Crippen LogP contribution in [0.25, 0.3) is 5.82 Å². The third-order valence-electron chi connectivity index (χ3n) is 3.94. The molecule has 2 aromatic heterocycles. The van der Waals surface area contributed by atoms with Crippen LogP contribution in [0.15, 0.2) is 50.1 Å². The Morgan fingerprint density at radius 3 is 2.56 bits per heavy atom. The van der Waals surface area contributed by atoms with Crippen LogP contribution in [0.1, 0.15) is 20.8 Å². The topological polar surface area (TPSA) is 129 Å². The summed E-state index contributed by atoms with van der Waals surface area (Å²) in [7, 11) is 1.24. The van der Waals surface area contributed by atoms with Crippen molar-refractivity contribution >= 4 is 83.0 Å². The number of carbonyl (C=O) groups excluding carboxylic acids is 2. The fraction of sp³-hybridized carbons (Fsp3) is 0.0556. The predicted octanol–water partition coefficient (Wildman–Crippen LogP) is 4.72. The molecule has 0 aliphatic rings. The molecule has 0 aliphatic heterocycles. The maximum Gasteiger partial charge on any atom is 0.423 e. The van der Waals surface area contributed by atoms with Crippen molar-refractivity contribution in [3.8, 4) is 5.82 Å². The summed E-state index contributed by atoms with van der Waals surface area (Å²) in [6.45, 7) is 0. The van der Waals surface area contributed by atoms with Crippen molar-refractivity contribution in [2.24, 2.45) is 0 Å². The third-order valence-corrected chi connectivity index (χ3v) is 5.71. The highest BCUT2D eigenvalue weighted by Gasteiger charge is 2.24. The van der Waals surface area contributed by atoms with E-state index in [4.69, 9.17) is 16.7 Å². The van der Waals surface area contributed by atoms with Crippen LogP contribution in [0.2, 0.25) is 5.02 Å². The first-order valence-corrected chi connectivity index (χ1v) is 11.3. The predicted molar refractivity (Wildman–Crippen MR) is 127 cm³/mol. The maximum absolute atomic E-state index is 13.2. The van der Waals surface area contributed by atoms with Gasteiger partial charge in [0.05, 0.1) is 16.3 Å². The Morgan fingerprint density at radius 1 is 1.19 bits per heavy atom. The van der Waals surface area contributed by atoms with E-state index in [0.717, 1.165) is 5.01 Å². The molecule has 2 heterocycles. The summed E-state index contributed by atoms with van der Waals surface area (Å²) in [5, 5.41) is 16.8. The number of anilines is 1. The van der Waals surface area contributed by atoms with Crippen LogP contribution in [0.3, 0.4) is 0 Å². The van der Waals surface area contributed by atoms with Gasteiger partial charge in [-0.3, -0.25) is 14.6 Å². The van der Waals surface area contributed by atoms with Gasteiger partial charge in [-0.2, -0.15) is 5.10 Å². The zero-order valence-electron chi connectivity index (χ0n) is 15.9.